The largest absolute Gasteiger partial charge is 0.417 e. The summed E-state index contributed by atoms with van der Waals surface area (Å²) in [7, 11) is 3.65. The third-order valence-corrected chi connectivity index (χ3v) is 4.45. The Morgan fingerprint density at radius 3 is 2.48 bits per heavy atom. The summed E-state index contributed by atoms with van der Waals surface area (Å²) in [5.74, 6) is 0.675. The molecule has 2 aromatic heterocycles. The third-order valence-electron chi connectivity index (χ3n) is 4.45. The van der Waals surface area contributed by atoms with Crippen LogP contribution < -0.4 is 10.6 Å². The first kappa shape index (κ1) is 17.1. The molecule has 0 amide bonds. The Balaban J connectivity index is 2.14. The van der Waals surface area contributed by atoms with E-state index in [0.717, 1.165) is 16.8 Å². The minimum Gasteiger partial charge on any atom is -0.368 e. The van der Waals surface area contributed by atoms with E-state index in [2.05, 4.69) is 15.0 Å². The molecule has 0 aliphatic carbocycles. The Hall–Kier alpha value is -3.29. The number of fused-ring (bicyclic) bond motifs is 3. The van der Waals surface area contributed by atoms with E-state index in [1.165, 1.54) is 12.1 Å². The zero-order chi connectivity index (χ0) is 19.3. The predicted molar refractivity (Wildman–Crippen MR) is 101 cm³/mol. The van der Waals surface area contributed by atoms with E-state index in [1.807, 2.05) is 20.2 Å². The van der Waals surface area contributed by atoms with Crippen molar-refractivity contribution in [1.82, 2.24) is 15.0 Å². The molecule has 2 aromatic carbocycles. The smallest absolute Gasteiger partial charge is 0.368 e. The van der Waals surface area contributed by atoms with Crippen molar-refractivity contribution in [2.75, 3.05) is 24.7 Å². The zero-order valence-corrected chi connectivity index (χ0v) is 14.6. The Bertz CT molecular complexity index is 1160. The molecule has 8 heteroatoms. The molecule has 2 heterocycles. The maximum Gasteiger partial charge on any atom is 0.417 e. The molecule has 0 atom stereocenters. The van der Waals surface area contributed by atoms with Gasteiger partial charge in [-0.15, -0.1) is 0 Å². The lowest BCUT2D eigenvalue weighted by atomic mass is 9.95. The number of anilines is 2. The van der Waals surface area contributed by atoms with Gasteiger partial charge in [0.15, 0.2) is 0 Å². The standard InChI is InChI=1S/C19H16F3N5/c1-27(2)17-15-11-7-8-24-16(11)12(9-14(15)25-18(23)26-17)10-5-3-4-6-13(10)19(20,21)22/h3-9,24H,1-2H3,(H2,23,25,26). The highest BCUT2D eigenvalue weighted by atomic mass is 19.4. The highest BCUT2D eigenvalue weighted by Gasteiger charge is 2.34. The number of nitrogen functional groups attached to an aromatic ring is 1. The van der Waals surface area contributed by atoms with Crippen molar-refractivity contribution in [3.8, 4) is 11.1 Å². The van der Waals surface area contributed by atoms with Gasteiger partial charge in [-0.3, -0.25) is 0 Å². The van der Waals surface area contributed by atoms with E-state index in [9.17, 15) is 13.2 Å². The zero-order valence-electron chi connectivity index (χ0n) is 14.6. The molecule has 27 heavy (non-hydrogen) atoms. The number of hydrogen-bond acceptors (Lipinski definition) is 4. The molecule has 0 bridgehead atoms. The van der Waals surface area contributed by atoms with Crippen LogP contribution in [0.5, 0.6) is 0 Å². The minimum atomic E-state index is -4.47. The van der Waals surface area contributed by atoms with Crippen LogP contribution in [-0.2, 0) is 6.18 Å². The second-order valence-corrected chi connectivity index (χ2v) is 6.43. The lowest BCUT2D eigenvalue weighted by Crippen LogP contribution is -2.13. The first-order valence-corrected chi connectivity index (χ1v) is 8.18. The molecule has 0 radical (unpaired) electrons. The molecule has 0 saturated heterocycles. The van der Waals surface area contributed by atoms with Gasteiger partial charge in [0.2, 0.25) is 5.95 Å². The van der Waals surface area contributed by atoms with E-state index < -0.39 is 11.7 Å². The van der Waals surface area contributed by atoms with Gasteiger partial charge >= 0.3 is 6.18 Å². The first-order chi connectivity index (χ1) is 12.8. The van der Waals surface area contributed by atoms with Crippen molar-refractivity contribution < 1.29 is 13.2 Å². The molecule has 0 fully saturated rings. The van der Waals surface area contributed by atoms with Crippen molar-refractivity contribution in [3.63, 3.8) is 0 Å². The van der Waals surface area contributed by atoms with Crippen molar-refractivity contribution in [2.45, 2.75) is 6.18 Å². The van der Waals surface area contributed by atoms with Crippen molar-refractivity contribution in [1.29, 1.82) is 0 Å². The van der Waals surface area contributed by atoms with Crippen LogP contribution in [0.3, 0.4) is 0 Å². The Morgan fingerprint density at radius 2 is 1.78 bits per heavy atom. The van der Waals surface area contributed by atoms with Gasteiger partial charge in [-0.2, -0.15) is 18.2 Å². The summed E-state index contributed by atoms with van der Waals surface area (Å²) in [5.41, 5.74) is 6.72. The number of hydrogen-bond donors (Lipinski definition) is 2. The summed E-state index contributed by atoms with van der Waals surface area (Å²) < 4.78 is 40.6. The molecular formula is C19H16F3N5. The monoisotopic (exact) mass is 371 g/mol. The Labute approximate surface area is 152 Å². The Kier molecular flexibility index (Phi) is 3.73. The fourth-order valence-corrected chi connectivity index (χ4v) is 3.36. The maximum atomic E-state index is 13.5. The van der Waals surface area contributed by atoms with Crippen molar-refractivity contribution in [2.24, 2.45) is 0 Å². The number of H-pyrrole nitrogens is 1. The van der Waals surface area contributed by atoms with E-state index in [4.69, 9.17) is 5.73 Å². The van der Waals surface area contributed by atoms with Crippen LogP contribution in [0.15, 0.2) is 42.6 Å². The average molecular weight is 371 g/mol. The molecule has 138 valence electrons. The van der Waals surface area contributed by atoms with Gasteiger partial charge in [0.25, 0.3) is 0 Å². The summed E-state index contributed by atoms with van der Waals surface area (Å²) in [5, 5.41) is 1.47. The summed E-state index contributed by atoms with van der Waals surface area (Å²) in [6.45, 7) is 0. The predicted octanol–water partition coefficient (Wildman–Crippen LogP) is 4.45. The second-order valence-electron chi connectivity index (χ2n) is 6.43. The summed E-state index contributed by atoms with van der Waals surface area (Å²) in [6.07, 6.45) is -2.77. The normalized spacial score (nSPS) is 12.0. The summed E-state index contributed by atoms with van der Waals surface area (Å²) in [4.78, 5) is 13.4. The average Bonchev–Trinajstić information content (AvgIpc) is 3.09. The van der Waals surface area contributed by atoms with Crippen LogP contribution in [0.4, 0.5) is 24.9 Å². The van der Waals surface area contributed by atoms with Crippen LogP contribution in [0.25, 0.3) is 32.9 Å². The molecule has 0 aliphatic heterocycles. The third kappa shape index (κ3) is 2.73. The van der Waals surface area contributed by atoms with Gasteiger partial charge in [0.05, 0.1) is 22.0 Å². The van der Waals surface area contributed by atoms with Gasteiger partial charge in [-0.25, -0.2) is 4.98 Å². The van der Waals surface area contributed by atoms with Crippen molar-refractivity contribution in [3.05, 3.63) is 48.2 Å². The van der Waals surface area contributed by atoms with Crippen LogP contribution in [-0.4, -0.2) is 29.0 Å². The maximum absolute atomic E-state index is 13.5. The topological polar surface area (TPSA) is 70.8 Å². The molecule has 4 rings (SSSR count). The summed E-state index contributed by atoms with van der Waals surface area (Å²) in [6, 6.07) is 8.94. The lowest BCUT2D eigenvalue weighted by molar-refractivity contribution is -0.137. The fourth-order valence-electron chi connectivity index (χ4n) is 3.36. The number of aromatic amines is 1. The van der Waals surface area contributed by atoms with Gasteiger partial charge in [-0.05, 0) is 23.8 Å². The molecule has 4 aromatic rings. The number of nitrogens with zero attached hydrogens (tertiary/aromatic N) is 3. The lowest BCUT2D eigenvalue weighted by Gasteiger charge is -2.18. The number of nitrogens with one attached hydrogen (secondary N) is 1. The molecule has 3 N–H and O–H groups in total. The van der Waals surface area contributed by atoms with Gasteiger partial charge in [0, 0.05) is 31.2 Å². The number of halogens is 3. The molecule has 0 spiro atoms. The fraction of sp³-hybridized carbons (Fsp3) is 0.158. The molecular weight excluding hydrogens is 355 g/mol. The molecule has 5 nitrogen and oxygen atoms in total. The SMILES string of the molecule is CN(C)c1nc(N)nc2cc(-c3ccccc3C(F)(F)F)c3[nH]ccc3c12. The first-order valence-electron chi connectivity index (χ1n) is 8.18. The second kappa shape index (κ2) is 5.87. The van der Waals surface area contributed by atoms with E-state index in [1.54, 1.807) is 23.2 Å². The number of benzene rings is 2. The van der Waals surface area contributed by atoms with Crippen LogP contribution >= 0.6 is 0 Å². The number of rotatable bonds is 2. The quantitative estimate of drug-likeness (QED) is 0.546. The number of alkyl halides is 3. The van der Waals surface area contributed by atoms with Crippen LogP contribution in [0.1, 0.15) is 5.56 Å². The van der Waals surface area contributed by atoms with E-state index >= 15 is 0 Å². The van der Waals surface area contributed by atoms with E-state index in [0.29, 0.717) is 22.4 Å². The van der Waals surface area contributed by atoms with Gasteiger partial charge in [-0.1, -0.05) is 18.2 Å². The minimum absolute atomic E-state index is 0.0659. The number of aromatic nitrogens is 3. The highest BCUT2D eigenvalue weighted by molar-refractivity contribution is 6.15. The Morgan fingerprint density at radius 1 is 1.04 bits per heavy atom. The highest BCUT2D eigenvalue weighted by Crippen LogP contribution is 2.42. The van der Waals surface area contributed by atoms with Crippen molar-refractivity contribution >= 4 is 33.6 Å². The number of nitrogens with two attached hydrogens (primary N) is 1. The molecule has 0 aliphatic rings. The van der Waals surface area contributed by atoms with Crippen LogP contribution in [0.2, 0.25) is 0 Å². The molecule has 0 unspecified atom stereocenters. The molecule has 0 saturated carbocycles. The van der Waals surface area contributed by atoms with Gasteiger partial charge in [0.1, 0.15) is 5.82 Å². The van der Waals surface area contributed by atoms with Gasteiger partial charge < -0.3 is 15.6 Å². The van der Waals surface area contributed by atoms with E-state index in [-0.39, 0.29) is 11.5 Å². The summed E-state index contributed by atoms with van der Waals surface area (Å²) >= 11 is 0. The van der Waals surface area contributed by atoms with Crippen LogP contribution in [0, 0.1) is 0 Å².